The number of anilines is 1. The van der Waals surface area contributed by atoms with Crippen molar-refractivity contribution in [2.45, 2.75) is 37.1 Å². The summed E-state index contributed by atoms with van der Waals surface area (Å²) in [6.45, 7) is 4.09. The van der Waals surface area contributed by atoms with Crippen molar-refractivity contribution < 1.29 is 23.1 Å². The zero-order chi connectivity index (χ0) is 18.9. The van der Waals surface area contributed by atoms with Crippen LogP contribution >= 0.6 is 0 Å². The number of nitrogens with zero attached hydrogens (tertiary/aromatic N) is 1. The summed E-state index contributed by atoms with van der Waals surface area (Å²) < 4.78 is 33.2. The highest BCUT2D eigenvalue weighted by atomic mass is 32.2. The number of benzene rings is 2. The van der Waals surface area contributed by atoms with Crippen molar-refractivity contribution in [3.05, 3.63) is 54.1 Å². The molecule has 0 fully saturated rings. The number of fused-ring (bicyclic) bond motifs is 1. The summed E-state index contributed by atoms with van der Waals surface area (Å²) in [4.78, 5) is 11.8. The monoisotopic (exact) mass is 375 g/mol. The van der Waals surface area contributed by atoms with Crippen LogP contribution in [0.4, 0.5) is 5.69 Å². The van der Waals surface area contributed by atoms with Crippen molar-refractivity contribution in [3.8, 4) is 5.75 Å². The second-order valence-corrected chi connectivity index (χ2v) is 8.05. The van der Waals surface area contributed by atoms with Crippen molar-refractivity contribution in [2.75, 3.05) is 10.9 Å². The topological polar surface area (TPSA) is 83.9 Å². The lowest BCUT2D eigenvalue weighted by Gasteiger charge is -2.38. The minimum absolute atomic E-state index is 0.149. The predicted molar refractivity (Wildman–Crippen MR) is 98.2 cm³/mol. The van der Waals surface area contributed by atoms with Crippen LogP contribution in [0.1, 0.15) is 31.7 Å². The van der Waals surface area contributed by atoms with Gasteiger partial charge in [-0.1, -0.05) is 18.2 Å². The summed E-state index contributed by atoms with van der Waals surface area (Å²) in [5.74, 6) is -1.06. The molecule has 1 aliphatic rings. The highest BCUT2D eigenvalue weighted by molar-refractivity contribution is 7.92. The van der Waals surface area contributed by atoms with Crippen LogP contribution in [0.15, 0.2) is 53.4 Å². The maximum atomic E-state index is 13.2. The standard InChI is InChI=1S/C19H21NO5S/c1-3-25-14-8-10-15(11-9-14)26(23,24)20-13(2)12-17(19(21)22)16-6-4-5-7-18(16)20/h4-11,13,17H,3,12H2,1-2H3,(H,21,22). The Morgan fingerprint density at radius 3 is 2.46 bits per heavy atom. The SMILES string of the molecule is CCOc1ccc(S(=O)(=O)N2c3ccccc3C(C(=O)O)CC2C)cc1. The Kier molecular flexibility index (Phi) is 4.91. The van der Waals surface area contributed by atoms with E-state index in [0.29, 0.717) is 23.6 Å². The molecule has 0 bridgehead atoms. The molecule has 2 aromatic carbocycles. The highest BCUT2D eigenvalue weighted by Gasteiger charge is 2.40. The van der Waals surface area contributed by atoms with Gasteiger partial charge in [0, 0.05) is 6.04 Å². The first-order valence-electron chi connectivity index (χ1n) is 8.45. The van der Waals surface area contributed by atoms with Crippen LogP contribution in [0.25, 0.3) is 0 Å². The van der Waals surface area contributed by atoms with E-state index in [2.05, 4.69) is 0 Å². The van der Waals surface area contributed by atoms with Crippen molar-refractivity contribution in [3.63, 3.8) is 0 Å². The quantitative estimate of drug-likeness (QED) is 0.867. The number of sulfonamides is 1. The van der Waals surface area contributed by atoms with Gasteiger partial charge in [-0.3, -0.25) is 9.10 Å². The molecule has 2 aromatic rings. The van der Waals surface area contributed by atoms with Crippen LogP contribution in [0.3, 0.4) is 0 Å². The first-order chi connectivity index (χ1) is 12.4. The Balaban J connectivity index is 2.06. The number of carboxylic acid groups (broad SMARTS) is 1. The Bertz CT molecular complexity index is 908. The van der Waals surface area contributed by atoms with Gasteiger partial charge < -0.3 is 9.84 Å². The number of hydrogen-bond acceptors (Lipinski definition) is 4. The molecule has 0 aliphatic carbocycles. The normalized spacial score (nSPS) is 19.7. The fourth-order valence-electron chi connectivity index (χ4n) is 3.37. The summed E-state index contributed by atoms with van der Waals surface area (Å²) in [7, 11) is -3.82. The Morgan fingerprint density at radius 2 is 1.85 bits per heavy atom. The molecule has 1 N–H and O–H groups in total. The second-order valence-electron chi connectivity index (χ2n) is 6.24. The van der Waals surface area contributed by atoms with Gasteiger partial charge in [0.2, 0.25) is 0 Å². The van der Waals surface area contributed by atoms with Crippen molar-refractivity contribution >= 4 is 21.7 Å². The molecule has 0 saturated carbocycles. The summed E-state index contributed by atoms with van der Waals surface area (Å²) in [5.41, 5.74) is 0.945. The maximum absolute atomic E-state index is 13.2. The summed E-state index contributed by atoms with van der Waals surface area (Å²) in [6, 6.07) is 12.6. The first-order valence-corrected chi connectivity index (χ1v) is 9.89. The number of carbonyl (C=O) groups is 1. The number of para-hydroxylation sites is 1. The van der Waals surface area contributed by atoms with Gasteiger partial charge in [0.1, 0.15) is 5.75 Å². The van der Waals surface area contributed by atoms with E-state index in [4.69, 9.17) is 4.74 Å². The van der Waals surface area contributed by atoms with Crippen molar-refractivity contribution in [2.24, 2.45) is 0 Å². The Morgan fingerprint density at radius 1 is 1.19 bits per heavy atom. The third-order valence-corrected chi connectivity index (χ3v) is 6.46. The van der Waals surface area contributed by atoms with E-state index < -0.39 is 28.0 Å². The molecule has 6 nitrogen and oxygen atoms in total. The van der Waals surface area contributed by atoms with Gasteiger partial charge in [-0.25, -0.2) is 8.42 Å². The summed E-state index contributed by atoms with van der Waals surface area (Å²) in [5, 5.41) is 9.51. The zero-order valence-corrected chi connectivity index (χ0v) is 15.4. The molecule has 0 radical (unpaired) electrons. The van der Waals surface area contributed by atoms with Crippen LogP contribution in [-0.2, 0) is 14.8 Å². The number of ether oxygens (including phenoxy) is 1. The average Bonchev–Trinajstić information content (AvgIpc) is 2.61. The fourth-order valence-corrected chi connectivity index (χ4v) is 5.06. The number of rotatable bonds is 5. The van der Waals surface area contributed by atoms with E-state index in [0.717, 1.165) is 0 Å². The highest BCUT2D eigenvalue weighted by Crippen LogP contribution is 2.41. The molecule has 0 amide bonds. The smallest absolute Gasteiger partial charge is 0.311 e. The second kappa shape index (κ2) is 6.99. The van der Waals surface area contributed by atoms with Gasteiger partial charge in [0.15, 0.2) is 0 Å². The molecule has 0 aromatic heterocycles. The van der Waals surface area contributed by atoms with Crippen molar-refractivity contribution in [1.29, 1.82) is 0 Å². The van der Waals surface area contributed by atoms with E-state index in [-0.39, 0.29) is 11.3 Å². The van der Waals surface area contributed by atoms with E-state index in [1.54, 1.807) is 43.3 Å². The molecule has 2 atom stereocenters. The Hall–Kier alpha value is -2.54. The molecule has 7 heteroatoms. The number of aliphatic carboxylic acids is 1. The molecule has 138 valence electrons. The lowest BCUT2D eigenvalue weighted by molar-refractivity contribution is -0.139. The molecule has 1 heterocycles. The molecular formula is C19H21NO5S. The van der Waals surface area contributed by atoms with E-state index in [9.17, 15) is 18.3 Å². The predicted octanol–water partition coefficient (Wildman–Crippen LogP) is 3.24. The van der Waals surface area contributed by atoms with Gasteiger partial charge in [-0.15, -0.1) is 0 Å². The minimum Gasteiger partial charge on any atom is -0.494 e. The number of carboxylic acids is 1. The average molecular weight is 375 g/mol. The van der Waals surface area contributed by atoms with E-state index in [1.807, 2.05) is 6.92 Å². The molecule has 3 rings (SSSR count). The van der Waals surface area contributed by atoms with Gasteiger partial charge in [-0.2, -0.15) is 0 Å². The van der Waals surface area contributed by atoms with E-state index >= 15 is 0 Å². The lowest BCUT2D eigenvalue weighted by Crippen LogP contribution is -2.44. The zero-order valence-electron chi connectivity index (χ0n) is 14.6. The third kappa shape index (κ3) is 3.14. The molecule has 26 heavy (non-hydrogen) atoms. The van der Waals surface area contributed by atoms with Gasteiger partial charge in [0.25, 0.3) is 10.0 Å². The maximum Gasteiger partial charge on any atom is 0.311 e. The van der Waals surface area contributed by atoms with Gasteiger partial charge >= 0.3 is 5.97 Å². The molecular weight excluding hydrogens is 354 g/mol. The van der Waals surface area contributed by atoms with Gasteiger partial charge in [0.05, 0.1) is 23.1 Å². The molecule has 1 aliphatic heterocycles. The van der Waals surface area contributed by atoms with E-state index in [1.165, 1.54) is 16.4 Å². The van der Waals surface area contributed by atoms with Crippen LogP contribution in [0, 0.1) is 0 Å². The fraction of sp³-hybridized carbons (Fsp3) is 0.316. The third-order valence-electron chi connectivity index (χ3n) is 4.52. The summed E-state index contributed by atoms with van der Waals surface area (Å²) in [6.07, 6.45) is 0.225. The van der Waals surface area contributed by atoms with Crippen molar-refractivity contribution in [1.82, 2.24) is 0 Å². The van der Waals surface area contributed by atoms with Crippen LogP contribution < -0.4 is 9.04 Å². The van der Waals surface area contributed by atoms with Crippen LogP contribution in [-0.4, -0.2) is 32.1 Å². The molecule has 0 spiro atoms. The lowest BCUT2D eigenvalue weighted by atomic mass is 9.87. The molecule has 2 unspecified atom stereocenters. The Labute approximate surface area is 153 Å². The largest absolute Gasteiger partial charge is 0.494 e. The minimum atomic E-state index is -3.82. The molecule has 0 saturated heterocycles. The van der Waals surface area contributed by atoms with Gasteiger partial charge in [-0.05, 0) is 56.2 Å². The number of hydrogen-bond donors (Lipinski definition) is 1. The van der Waals surface area contributed by atoms with Crippen LogP contribution in [0.5, 0.6) is 5.75 Å². The summed E-state index contributed by atoms with van der Waals surface area (Å²) >= 11 is 0. The van der Waals surface area contributed by atoms with Crippen LogP contribution in [0.2, 0.25) is 0 Å². The first kappa shape index (κ1) is 18.3.